The molecule has 0 aliphatic rings. The van der Waals surface area contributed by atoms with Gasteiger partial charge >= 0.3 is 0 Å². The van der Waals surface area contributed by atoms with Crippen molar-refractivity contribution in [2.75, 3.05) is 0 Å². The molecule has 0 fully saturated rings. The van der Waals surface area contributed by atoms with Gasteiger partial charge < -0.3 is 10.2 Å². The van der Waals surface area contributed by atoms with Crippen LogP contribution in [0.1, 0.15) is 11.1 Å². The molecule has 2 nitrogen and oxygen atoms in total. The fourth-order valence-corrected chi connectivity index (χ4v) is 4.45. The Labute approximate surface area is 200 Å². The van der Waals surface area contributed by atoms with E-state index in [1.54, 1.807) is 6.07 Å². The number of benzene rings is 5. The average Bonchev–Trinajstić information content (AvgIpc) is 2.87. The summed E-state index contributed by atoms with van der Waals surface area (Å²) >= 11 is 0. The largest absolute Gasteiger partial charge is 0.507 e. The summed E-state index contributed by atoms with van der Waals surface area (Å²) in [7, 11) is 0. The molecular formula is C32H26O2. The molecule has 0 radical (unpaired) electrons. The molecule has 166 valence electrons. The normalized spacial score (nSPS) is 10.9. The molecule has 0 bridgehead atoms. The molecule has 0 aromatic heterocycles. The van der Waals surface area contributed by atoms with E-state index < -0.39 is 0 Å². The van der Waals surface area contributed by atoms with Crippen LogP contribution in [-0.2, 0) is 0 Å². The average molecular weight is 443 g/mol. The first-order chi connectivity index (χ1) is 16.5. The third kappa shape index (κ3) is 4.18. The van der Waals surface area contributed by atoms with Gasteiger partial charge in [-0.05, 0) is 89.7 Å². The van der Waals surface area contributed by atoms with Gasteiger partial charge in [0.05, 0.1) is 0 Å². The highest BCUT2D eigenvalue weighted by molar-refractivity contribution is 5.88. The zero-order chi connectivity index (χ0) is 23.7. The van der Waals surface area contributed by atoms with E-state index in [1.165, 1.54) is 0 Å². The van der Waals surface area contributed by atoms with Crippen LogP contribution < -0.4 is 0 Å². The summed E-state index contributed by atoms with van der Waals surface area (Å²) in [6.07, 6.45) is 0. The molecule has 0 unspecified atom stereocenters. The molecule has 5 rings (SSSR count). The number of aromatic hydroxyl groups is 2. The van der Waals surface area contributed by atoms with Crippen molar-refractivity contribution in [1.29, 1.82) is 0 Å². The molecule has 34 heavy (non-hydrogen) atoms. The Morgan fingerprint density at radius 2 is 0.912 bits per heavy atom. The lowest BCUT2D eigenvalue weighted by Crippen LogP contribution is -1.90. The second kappa shape index (κ2) is 8.92. The maximum absolute atomic E-state index is 11.4. The Bertz CT molecular complexity index is 1410. The van der Waals surface area contributed by atoms with Crippen molar-refractivity contribution in [3.05, 3.63) is 120 Å². The smallest absolute Gasteiger partial charge is 0.131 e. The molecule has 2 N–H and O–H groups in total. The number of rotatable bonds is 4. The standard InChI is InChI=1S/C32H26O2/c1-21-13-14-31(33)29(15-21)30-17-22(2)16-28(32(30)34)27-19-25(23-9-5-3-6-10-23)18-26(20-27)24-11-7-4-8-12-24/h3-20,33-34H,1-2H3. The van der Waals surface area contributed by atoms with Crippen LogP contribution in [-0.4, -0.2) is 10.2 Å². The van der Waals surface area contributed by atoms with E-state index in [-0.39, 0.29) is 11.5 Å². The summed E-state index contributed by atoms with van der Waals surface area (Å²) in [5, 5.41) is 22.0. The topological polar surface area (TPSA) is 40.5 Å². The van der Waals surface area contributed by atoms with Crippen LogP contribution in [0.15, 0.2) is 109 Å². The molecule has 0 saturated carbocycles. The Morgan fingerprint density at radius 1 is 0.412 bits per heavy atom. The minimum atomic E-state index is 0.153. The van der Waals surface area contributed by atoms with Gasteiger partial charge in [0.15, 0.2) is 0 Å². The van der Waals surface area contributed by atoms with Gasteiger partial charge in [0.25, 0.3) is 0 Å². The lowest BCUT2D eigenvalue weighted by molar-refractivity contribution is 0.470. The van der Waals surface area contributed by atoms with Crippen molar-refractivity contribution in [1.82, 2.24) is 0 Å². The predicted molar refractivity (Wildman–Crippen MR) is 141 cm³/mol. The molecule has 0 aliphatic heterocycles. The highest BCUT2D eigenvalue weighted by Crippen LogP contribution is 2.44. The third-order valence-corrected chi connectivity index (χ3v) is 6.15. The van der Waals surface area contributed by atoms with Gasteiger partial charge in [-0.3, -0.25) is 0 Å². The summed E-state index contributed by atoms with van der Waals surface area (Å²) in [4.78, 5) is 0. The van der Waals surface area contributed by atoms with E-state index >= 15 is 0 Å². The maximum atomic E-state index is 11.4. The molecule has 5 aromatic carbocycles. The fourth-order valence-electron chi connectivity index (χ4n) is 4.45. The molecule has 5 aromatic rings. The van der Waals surface area contributed by atoms with Crippen LogP contribution in [0.4, 0.5) is 0 Å². The minimum Gasteiger partial charge on any atom is -0.507 e. The molecular weight excluding hydrogens is 416 g/mol. The highest BCUT2D eigenvalue weighted by atomic mass is 16.3. The van der Waals surface area contributed by atoms with Crippen molar-refractivity contribution in [3.8, 4) is 56.0 Å². The van der Waals surface area contributed by atoms with E-state index in [4.69, 9.17) is 0 Å². The second-order valence-electron chi connectivity index (χ2n) is 8.76. The Kier molecular flexibility index (Phi) is 5.65. The minimum absolute atomic E-state index is 0.153. The highest BCUT2D eigenvalue weighted by Gasteiger charge is 2.17. The molecule has 0 aliphatic carbocycles. The molecule has 0 amide bonds. The SMILES string of the molecule is Cc1ccc(O)c(-c2cc(C)cc(-c3cc(-c4ccccc4)cc(-c4ccccc4)c3)c2O)c1. The van der Waals surface area contributed by atoms with Gasteiger partial charge in [-0.15, -0.1) is 0 Å². The van der Waals surface area contributed by atoms with Crippen LogP contribution in [0.5, 0.6) is 11.5 Å². The molecule has 0 spiro atoms. The first-order valence-electron chi connectivity index (χ1n) is 11.4. The fraction of sp³-hybridized carbons (Fsp3) is 0.0625. The molecule has 2 heteroatoms. The summed E-state index contributed by atoms with van der Waals surface area (Å²) in [5.41, 5.74) is 9.35. The van der Waals surface area contributed by atoms with Crippen LogP contribution in [0.2, 0.25) is 0 Å². The Balaban J connectivity index is 1.75. The van der Waals surface area contributed by atoms with Gasteiger partial charge in [-0.1, -0.05) is 72.3 Å². The van der Waals surface area contributed by atoms with Crippen molar-refractivity contribution >= 4 is 0 Å². The van der Waals surface area contributed by atoms with Gasteiger partial charge in [0.1, 0.15) is 11.5 Å². The molecule has 0 atom stereocenters. The van der Waals surface area contributed by atoms with Crippen LogP contribution in [0.25, 0.3) is 44.5 Å². The third-order valence-electron chi connectivity index (χ3n) is 6.15. The first-order valence-corrected chi connectivity index (χ1v) is 11.4. The number of aryl methyl sites for hydroxylation is 2. The first kappa shape index (κ1) is 21.5. The zero-order valence-electron chi connectivity index (χ0n) is 19.3. The number of hydrogen-bond donors (Lipinski definition) is 2. The van der Waals surface area contributed by atoms with Crippen molar-refractivity contribution in [2.45, 2.75) is 13.8 Å². The summed E-state index contributed by atoms with van der Waals surface area (Å²) in [6, 6.07) is 36.4. The van der Waals surface area contributed by atoms with E-state index in [9.17, 15) is 10.2 Å². The van der Waals surface area contributed by atoms with Crippen molar-refractivity contribution in [3.63, 3.8) is 0 Å². The number of phenolic OH excluding ortho intramolecular Hbond substituents is 2. The van der Waals surface area contributed by atoms with E-state index in [0.717, 1.165) is 44.5 Å². The summed E-state index contributed by atoms with van der Waals surface area (Å²) < 4.78 is 0. The van der Waals surface area contributed by atoms with Crippen LogP contribution >= 0.6 is 0 Å². The number of phenols is 2. The summed E-state index contributed by atoms with van der Waals surface area (Å²) in [5.74, 6) is 0.316. The second-order valence-corrected chi connectivity index (χ2v) is 8.76. The molecule has 0 saturated heterocycles. The van der Waals surface area contributed by atoms with E-state index in [2.05, 4.69) is 42.5 Å². The van der Waals surface area contributed by atoms with Gasteiger partial charge in [0.2, 0.25) is 0 Å². The number of hydrogen-bond acceptors (Lipinski definition) is 2. The lowest BCUT2D eigenvalue weighted by atomic mass is 9.90. The van der Waals surface area contributed by atoms with Crippen molar-refractivity contribution < 1.29 is 10.2 Å². The Hall–Kier alpha value is -4.30. The monoisotopic (exact) mass is 442 g/mol. The van der Waals surface area contributed by atoms with Gasteiger partial charge in [0, 0.05) is 16.7 Å². The van der Waals surface area contributed by atoms with Crippen LogP contribution in [0.3, 0.4) is 0 Å². The van der Waals surface area contributed by atoms with Gasteiger partial charge in [-0.25, -0.2) is 0 Å². The predicted octanol–water partition coefficient (Wildman–Crippen LogP) is 8.38. The summed E-state index contributed by atoms with van der Waals surface area (Å²) in [6.45, 7) is 3.99. The quantitative estimate of drug-likeness (QED) is 0.293. The van der Waals surface area contributed by atoms with E-state index in [0.29, 0.717) is 11.1 Å². The zero-order valence-corrected chi connectivity index (χ0v) is 19.3. The lowest BCUT2D eigenvalue weighted by Gasteiger charge is -2.16. The van der Waals surface area contributed by atoms with E-state index in [1.807, 2.05) is 74.5 Å². The molecule has 0 heterocycles. The van der Waals surface area contributed by atoms with Crippen LogP contribution in [0, 0.1) is 13.8 Å². The van der Waals surface area contributed by atoms with Gasteiger partial charge in [-0.2, -0.15) is 0 Å². The van der Waals surface area contributed by atoms with Crippen molar-refractivity contribution in [2.24, 2.45) is 0 Å². The Morgan fingerprint density at radius 3 is 1.50 bits per heavy atom. The maximum Gasteiger partial charge on any atom is 0.131 e.